The predicted octanol–water partition coefficient (Wildman–Crippen LogP) is 3.94. The van der Waals surface area contributed by atoms with Crippen molar-refractivity contribution in [1.29, 1.82) is 0 Å². The van der Waals surface area contributed by atoms with Crippen LogP contribution in [0.3, 0.4) is 0 Å². The molecule has 0 saturated carbocycles. The molecule has 0 bridgehead atoms. The SMILES string of the molecule is O=S(=O)(N[C@H]1COCC(N2c3ccccc3Oc3ccccc32)[C@@H]1O)c1ccc(OC(F)(F)F)cc1. The zero-order valence-corrected chi connectivity index (χ0v) is 19.4. The Morgan fingerprint density at radius 1 is 0.917 bits per heavy atom. The summed E-state index contributed by atoms with van der Waals surface area (Å²) in [6.45, 7) is 0.0192. The Labute approximate surface area is 204 Å². The first-order valence-corrected chi connectivity index (χ1v) is 12.4. The number of nitrogens with one attached hydrogen (secondary N) is 1. The summed E-state index contributed by atoms with van der Waals surface area (Å²) in [5, 5.41) is 11.3. The molecule has 8 nitrogen and oxygen atoms in total. The van der Waals surface area contributed by atoms with Crippen LogP contribution in [0.4, 0.5) is 24.5 Å². The molecular formula is C24H21F3N2O6S. The average molecular weight is 523 g/mol. The van der Waals surface area contributed by atoms with Gasteiger partial charge in [0.1, 0.15) is 5.75 Å². The van der Waals surface area contributed by atoms with E-state index in [1.807, 2.05) is 41.3 Å². The number of hydrogen-bond acceptors (Lipinski definition) is 7. The highest BCUT2D eigenvalue weighted by Crippen LogP contribution is 2.48. The highest BCUT2D eigenvalue weighted by atomic mass is 32.2. The summed E-state index contributed by atoms with van der Waals surface area (Å²) >= 11 is 0. The molecule has 190 valence electrons. The molecule has 0 aromatic heterocycles. The van der Waals surface area contributed by atoms with Crippen LogP contribution in [-0.2, 0) is 14.8 Å². The number of rotatable bonds is 5. The maximum atomic E-state index is 12.9. The van der Waals surface area contributed by atoms with Crippen LogP contribution in [0.1, 0.15) is 0 Å². The fourth-order valence-electron chi connectivity index (χ4n) is 4.29. The second-order valence-electron chi connectivity index (χ2n) is 8.25. The Balaban J connectivity index is 1.39. The smallest absolute Gasteiger partial charge is 0.453 e. The number of para-hydroxylation sites is 4. The number of anilines is 2. The molecule has 2 N–H and O–H groups in total. The van der Waals surface area contributed by atoms with E-state index in [1.165, 1.54) is 0 Å². The van der Waals surface area contributed by atoms with Gasteiger partial charge in [-0.25, -0.2) is 13.1 Å². The molecule has 1 fully saturated rings. The monoisotopic (exact) mass is 522 g/mol. The lowest BCUT2D eigenvalue weighted by atomic mass is 9.98. The van der Waals surface area contributed by atoms with Crippen LogP contribution in [0.15, 0.2) is 77.7 Å². The van der Waals surface area contributed by atoms with Crippen LogP contribution in [0, 0.1) is 0 Å². The van der Waals surface area contributed by atoms with Gasteiger partial charge in [-0.05, 0) is 48.5 Å². The molecule has 0 aliphatic carbocycles. The summed E-state index contributed by atoms with van der Waals surface area (Å²) in [7, 11) is -4.20. The standard InChI is InChI=1S/C24H21F3N2O6S/c25-24(26,27)35-15-9-11-16(12-10-15)36(31,32)28-17-13-33-14-20(23(17)30)29-18-5-1-3-7-21(18)34-22-8-4-2-6-19(22)29/h1-12,17,20,23,28,30H,13-14H2/t17-,20?,23+/m0/s1. The topological polar surface area (TPSA) is 97.3 Å². The van der Waals surface area contributed by atoms with Crippen molar-refractivity contribution in [2.45, 2.75) is 29.4 Å². The van der Waals surface area contributed by atoms with Gasteiger partial charge in [0.25, 0.3) is 0 Å². The number of fused-ring (bicyclic) bond motifs is 2. The molecule has 0 amide bonds. The van der Waals surface area contributed by atoms with Gasteiger partial charge in [-0.15, -0.1) is 13.2 Å². The van der Waals surface area contributed by atoms with Gasteiger partial charge in [-0.3, -0.25) is 0 Å². The third-order valence-corrected chi connectivity index (χ3v) is 7.37. The van der Waals surface area contributed by atoms with E-state index in [2.05, 4.69) is 9.46 Å². The highest BCUT2D eigenvalue weighted by Gasteiger charge is 2.42. The first-order chi connectivity index (χ1) is 17.1. The van der Waals surface area contributed by atoms with Crippen molar-refractivity contribution in [1.82, 2.24) is 4.72 Å². The van der Waals surface area contributed by atoms with Crippen molar-refractivity contribution in [2.24, 2.45) is 0 Å². The summed E-state index contributed by atoms with van der Waals surface area (Å²) in [6.07, 6.45) is -6.09. The maximum Gasteiger partial charge on any atom is 0.573 e. The molecule has 2 aliphatic heterocycles. The number of benzene rings is 3. The number of aliphatic hydroxyl groups is 1. The number of halogens is 3. The third kappa shape index (κ3) is 4.85. The van der Waals surface area contributed by atoms with Crippen LogP contribution in [0.25, 0.3) is 0 Å². The minimum atomic E-state index is -4.89. The van der Waals surface area contributed by atoms with Gasteiger partial charge in [0, 0.05) is 0 Å². The lowest BCUT2D eigenvalue weighted by Gasteiger charge is -2.44. The van der Waals surface area contributed by atoms with Gasteiger partial charge < -0.3 is 24.2 Å². The van der Waals surface area contributed by atoms with Gasteiger partial charge in [-0.1, -0.05) is 24.3 Å². The van der Waals surface area contributed by atoms with Gasteiger partial charge in [-0.2, -0.15) is 0 Å². The molecule has 1 saturated heterocycles. The first-order valence-electron chi connectivity index (χ1n) is 10.9. The molecule has 0 spiro atoms. The van der Waals surface area contributed by atoms with Crippen LogP contribution >= 0.6 is 0 Å². The predicted molar refractivity (Wildman–Crippen MR) is 123 cm³/mol. The van der Waals surface area contributed by atoms with Crippen molar-refractivity contribution in [3.8, 4) is 17.2 Å². The van der Waals surface area contributed by atoms with Crippen molar-refractivity contribution in [3.05, 3.63) is 72.8 Å². The zero-order valence-electron chi connectivity index (χ0n) is 18.6. The summed E-state index contributed by atoms with van der Waals surface area (Å²) in [5.74, 6) is 0.603. The van der Waals surface area contributed by atoms with E-state index in [0.29, 0.717) is 22.9 Å². The summed E-state index contributed by atoms with van der Waals surface area (Å²) < 4.78 is 81.0. The molecule has 36 heavy (non-hydrogen) atoms. The third-order valence-electron chi connectivity index (χ3n) is 5.87. The second kappa shape index (κ2) is 9.28. The summed E-state index contributed by atoms with van der Waals surface area (Å²) in [5.41, 5.74) is 1.38. The molecule has 3 aromatic carbocycles. The molecule has 2 aliphatic rings. The molecule has 5 rings (SSSR count). The summed E-state index contributed by atoms with van der Waals surface area (Å²) in [4.78, 5) is 1.58. The summed E-state index contributed by atoms with van der Waals surface area (Å²) in [6, 6.07) is 16.6. The van der Waals surface area contributed by atoms with E-state index in [4.69, 9.17) is 9.47 Å². The number of aliphatic hydroxyl groups excluding tert-OH is 1. The maximum absolute atomic E-state index is 12.9. The number of sulfonamides is 1. The van der Waals surface area contributed by atoms with E-state index in [1.54, 1.807) is 12.1 Å². The lowest BCUT2D eigenvalue weighted by molar-refractivity contribution is -0.274. The van der Waals surface area contributed by atoms with Crippen LogP contribution in [0.2, 0.25) is 0 Å². The average Bonchev–Trinajstić information content (AvgIpc) is 2.83. The molecule has 3 aromatic rings. The Morgan fingerprint density at radius 3 is 2.08 bits per heavy atom. The molecule has 3 atom stereocenters. The van der Waals surface area contributed by atoms with Gasteiger partial charge >= 0.3 is 6.36 Å². The van der Waals surface area contributed by atoms with Crippen LogP contribution in [0.5, 0.6) is 17.2 Å². The minimum absolute atomic E-state index is 0.0974. The van der Waals surface area contributed by atoms with Crippen LogP contribution < -0.4 is 19.1 Å². The quantitative estimate of drug-likeness (QED) is 0.524. The van der Waals surface area contributed by atoms with E-state index in [0.717, 1.165) is 24.3 Å². The second-order valence-corrected chi connectivity index (χ2v) is 9.96. The fourth-order valence-corrected chi connectivity index (χ4v) is 5.53. The number of ether oxygens (including phenoxy) is 3. The number of hydrogen-bond donors (Lipinski definition) is 2. The van der Waals surface area contributed by atoms with Crippen molar-refractivity contribution in [2.75, 3.05) is 18.1 Å². The van der Waals surface area contributed by atoms with E-state index in [-0.39, 0.29) is 18.1 Å². The molecular weight excluding hydrogens is 501 g/mol. The van der Waals surface area contributed by atoms with Gasteiger partial charge in [0.05, 0.1) is 47.7 Å². The molecule has 12 heteroatoms. The largest absolute Gasteiger partial charge is 0.573 e. The lowest BCUT2D eigenvalue weighted by Crippen LogP contribution is -2.60. The van der Waals surface area contributed by atoms with Gasteiger partial charge in [0.2, 0.25) is 10.0 Å². The van der Waals surface area contributed by atoms with E-state index < -0.39 is 40.3 Å². The molecule has 1 unspecified atom stereocenters. The Hall–Kier alpha value is -3.32. The van der Waals surface area contributed by atoms with Crippen molar-refractivity contribution >= 4 is 21.4 Å². The van der Waals surface area contributed by atoms with Gasteiger partial charge in [0.15, 0.2) is 11.5 Å². The number of nitrogens with zero attached hydrogens (tertiary/aromatic N) is 1. The Bertz CT molecular complexity index is 1300. The molecule has 0 radical (unpaired) electrons. The first kappa shape index (κ1) is 24.4. The van der Waals surface area contributed by atoms with Crippen LogP contribution in [-0.4, -0.2) is 51.3 Å². The van der Waals surface area contributed by atoms with Crippen molar-refractivity contribution < 1.29 is 40.9 Å². The van der Waals surface area contributed by atoms with Crippen molar-refractivity contribution in [3.63, 3.8) is 0 Å². The zero-order chi connectivity index (χ0) is 25.5. The Morgan fingerprint density at radius 2 is 1.50 bits per heavy atom. The fraction of sp³-hybridized carbons (Fsp3) is 0.250. The Kier molecular flexibility index (Phi) is 6.29. The number of alkyl halides is 3. The van der Waals surface area contributed by atoms with E-state index >= 15 is 0 Å². The molecule has 2 heterocycles. The minimum Gasteiger partial charge on any atom is -0.453 e. The highest BCUT2D eigenvalue weighted by molar-refractivity contribution is 7.89. The normalized spacial score (nSPS) is 21.8. The van der Waals surface area contributed by atoms with E-state index in [9.17, 15) is 26.7 Å².